The molecule has 1 saturated carbocycles. The Labute approximate surface area is 141 Å². The first-order valence-electron chi connectivity index (χ1n) is 8.08. The summed E-state index contributed by atoms with van der Waals surface area (Å²) in [5, 5.41) is 15.9. The number of carbonyl (C=O) groups excluding carboxylic acids is 1. The normalized spacial score (nSPS) is 23.4. The highest BCUT2D eigenvalue weighted by molar-refractivity contribution is 5.75. The van der Waals surface area contributed by atoms with Crippen LogP contribution in [-0.2, 0) is 9.53 Å². The van der Waals surface area contributed by atoms with E-state index in [0.29, 0.717) is 6.42 Å². The minimum Gasteiger partial charge on any atom is -0.481 e. The number of aliphatic carboxylic acids is 1. The third-order valence-corrected chi connectivity index (χ3v) is 3.93. The number of aromatic nitrogens is 2. The summed E-state index contributed by atoms with van der Waals surface area (Å²) in [6.45, 7) is 6.17. The van der Waals surface area contributed by atoms with Crippen molar-refractivity contribution >= 4 is 12.0 Å². The summed E-state index contributed by atoms with van der Waals surface area (Å²) in [6.07, 6.45) is 4.15. The van der Waals surface area contributed by atoms with Crippen molar-refractivity contribution in [2.45, 2.75) is 57.4 Å². The first kappa shape index (κ1) is 18.3. The molecular formula is C16H26N4O4. The number of urea groups is 1. The Morgan fingerprint density at radius 2 is 2.17 bits per heavy atom. The number of rotatable bonds is 6. The molecule has 8 nitrogen and oxygen atoms in total. The van der Waals surface area contributed by atoms with Gasteiger partial charge in [-0.2, -0.15) is 5.10 Å². The Morgan fingerprint density at radius 1 is 1.46 bits per heavy atom. The fourth-order valence-corrected chi connectivity index (χ4v) is 2.75. The number of nitrogens with one attached hydrogen (secondary N) is 1. The second-order valence-electron chi connectivity index (χ2n) is 7.10. The first-order chi connectivity index (χ1) is 11.2. The zero-order valence-corrected chi connectivity index (χ0v) is 14.6. The van der Waals surface area contributed by atoms with Crippen molar-refractivity contribution in [3.8, 4) is 0 Å². The smallest absolute Gasteiger partial charge is 0.317 e. The molecule has 3 atom stereocenters. The van der Waals surface area contributed by atoms with E-state index in [4.69, 9.17) is 9.84 Å². The second-order valence-corrected chi connectivity index (χ2v) is 7.10. The van der Waals surface area contributed by atoms with E-state index in [1.165, 1.54) is 4.90 Å². The Bertz CT molecular complexity index is 567. The van der Waals surface area contributed by atoms with Gasteiger partial charge in [0.2, 0.25) is 0 Å². The average molecular weight is 338 g/mol. The van der Waals surface area contributed by atoms with E-state index in [9.17, 15) is 9.59 Å². The van der Waals surface area contributed by atoms with E-state index in [2.05, 4.69) is 10.4 Å². The van der Waals surface area contributed by atoms with Crippen LogP contribution >= 0.6 is 0 Å². The van der Waals surface area contributed by atoms with Gasteiger partial charge in [0, 0.05) is 26.0 Å². The number of carboxylic acid groups (broad SMARTS) is 1. The summed E-state index contributed by atoms with van der Waals surface area (Å²) in [7, 11) is 1.59. The van der Waals surface area contributed by atoms with Gasteiger partial charge in [0.05, 0.1) is 30.2 Å². The van der Waals surface area contributed by atoms with Gasteiger partial charge in [0.1, 0.15) is 0 Å². The Balaban J connectivity index is 1.97. The number of nitrogens with zero attached hydrogens (tertiary/aromatic N) is 3. The summed E-state index contributed by atoms with van der Waals surface area (Å²) >= 11 is 0. The van der Waals surface area contributed by atoms with Gasteiger partial charge in [-0.25, -0.2) is 4.79 Å². The molecule has 0 spiro atoms. The highest BCUT2D eigenvalue weighted by Crippen LogP contribution is 2.37. The Morgan fingerprint density at radius 3 is 2.71 bits per heavy atom. The molecule has 0 bridgehead atoms. The molecule has 1 aromatic rings. The van der Waals surface area contributed by atoms with Crippen LogP contribution in [0.4, 0.5) is 4.79 Å². The molecule has 1 fully saturated rings. The molecule has 0 radical (unpaired) electrons. The fourth-order valence-electron chi connectivity index (χ4n) is 2.75. The molecule has 0 saturated heterocycles. The van der Waals surface area contributed by atoms with Gasteiger partial charge in [0.25, 0.3) is 0 Å². The van der Waals surface area contributed by atoms with Gasteiger partial charge in [-0.1, -0.05) is 0 Å². The predicted octanol–water partition coefficient (Wildman–Crippen LogP) is 1.50. The van der Waals surface area contributed by atoms with Gasteiger partial charge >= 0.3 is 12.0 Å². The monoisotopic (exact) mass is 338 g/mol. The standard InChI is InChI=1S/C16H26N4O4/c1-16(2,3)24-12-10-11(14(12)20-8-5-7-17-20)18-15(23)19(4)9-6-13(21)22/h5,7-8,11-12,14H,6,9-10H2,1-4H3,(H,18,23)(H,21,22). The molecule has 0 aromatic carbocycles. The lowest BCUT2D eigenvalue weighted by Crippen LogP contribution is -2.60. The van der Waals surface area contributed by atoms with Gasteiger partial charge < -0.3 is 20.1 Å². The highest BCUT2D eigenvalue weighted by atomic mass is 16.5. The van der Waals surface area contributed by atoms with Gasteiger partial charge in [-0.15, -0.1) is 0 Å². The predicted molar refractivity (Wildman–Crippen MR) is 87.7 cm³/mol. The van der Waals surface area contributed by atoms with Crippen LogP contribution in [0.2, 0.25) is 0 Å². The molecule has 1 aliphatic carbocycles. The van der Waals surface area contributed by atoms with Crippen molar-refractivity contribution < 1.29 is 19.4 Å². The maximum absolute atomic E-state index is 12.2. The Kier molecular flexibility index (Phi) is 5.48. The minimum absolute atomic E-state index is 0.0282. The zero-order chi connectivity index (χ0) is 17.9. The summed E-state index contributed by atoms with van der Waals surface area (Å²) in [5.74, 6) is -0.925. The van der Waals surface area contributed by atoms with E-state index < -0.39 is 5.97 Å². The SMILES string of the molecule is CN(CCC(=O)O)C(=O)NC1CC(OC(C)(C)C)C1n1cccn1. The van der Waals surface area contributed by atoms with E-state index in [-0.39, 0.29) is 42.8 Å². The van der Waals surface area contributed by atoms with Crippen LogP contribution in [0, 0.1) is 0 Å². The van der Waals surface area contributed by atoms with E-state index in [1.54, 1.807) is 13.2 Å². The van der Waals surface area contributed by atoms with Crippen LogP contribution in [0.5, 0.6) is 0 Å². The number of carbonyl (C=O) groups is 2. The van der Waals surface area contributed by atoms with Crippen LogP contribution in [0.1, 0.15) is 39.7 Å². The molecule has 2 rings (SSSR count). The molecule has 134 valence electrons. The average Bonchev–Trinajstić information content (AvgIpc) is 2.94. The third kappa shape index (κ3) is 4.70. The zero-order valence-electron chi connectivity index (χ0n) is 14.6. The lowest BCUT2D eigenvalue weighted by molar-refractivity contribution is -0.137. The minimum atomic E-state index is -0.925. The van der Waals surface area contributed by atoms with Crippen molar-refractivity contribution in [1.82, 2.24) is 20.0 Å². The van der Waals surface area contributed by atoms with E-state index >= 15 is 0 Å². The van der Waals surface area contributed by atoms with E-state index in [1.807, 2.05) is 37.7 Å². The molecule has 2 amide bonds. The molecular weight excluding hydrogens is 312 g/mol. The quantitative estimate of drug-likeness (QED) is 0.819. The Hall–Kier alpha value is -2.09. The van der Waals surface area contributed by atoms with Crippen molar-refractivity contribution in [3.63, 3.8) is 0 Å². The molecule has 24 heavy (non-hydrogen) atoms. The summed E-state index contributed by atoms with van der Waals surface area (Å²) in [6, 6.07) is 1.38. The lowest BCUT2D eigenvalue weighted by atomic mass is 9.82. The molecule has 1 aliphatic rings. The van der Waals surface area contributed by atoms with Gasteiger partial charge in [-0.05, 0) is 33.3 Å². The third-order valence-electron chi connectivity index (χ3n) is 3.93. The molecule has 1 aromatic heterocycles. The lowest BCUT2D eigenvalue weighted by Gasteiger charge is -2.47. The molecule has 1 heterocycles. The van der Waals surface area contributed by atoms with Crippen LogP contribution < -0.4 is 5.32 Å². The van der Waals surface area contributed by atoms with Gasteiger partial charge in [0.15, 0.2) is 0 Å². The fraction of sp³-hybridized carbons (Fsp3) is 0.688. The second kappa shape index (κ2) is 7.21. The maximum atomic E-state index is 12.2. The number of carboxylic acids is 1. The van der Waals surface area contributed by atoms with Gasteiger partial charge in [-0.3, -0.25) is 9.48 Å². The van der Waals surface area contributed by atoms with Crippen LogP contribution in [0.25, 0.3) is 0 Å². The van der Waals surface area contributed by atoms with Crippen molar-refractivity contribution in [2.24, 2.45) is 0 Å². The number of hydrogen-bond donors (Lipinski definition) is 2. The van der Waals surface area contributed by atoms with Crippen LogP contribution in [0.3, 0.4) is 0 Å². The molecule has 0 aliphatic heterocycles. The first-order valence-corrected chi connectivity index (χ1v) is 8.08. The highest BCUT2D eigenvalue weighted by Gasteiger charge is 2.46. The summed E-state index contributed by atoms with van der Waals surface area (Å²) in [4.78, 5) is 24.2. The number of amides is 2. The van der Waals surface area contributed by atoms with Crippen molar-refractivity contribution in [2.75, 3.05) is 13.6 Å². The van der Waals surface area contributed by atoms with Crippen LogP contribution in [0.15, 0.2) is 18.5 Å². The van der Waals surface area contributed by atoms with E-state index in [0.717, 1.165) is 0 Å². The molecule has 8 heteroatoms. The maximum Gasteiger partial charge on any atom is 0.317 e. The topological polar surface area (TPSA) is 96.7 Å². The molecule has 3 unspecified atom stereocenters. The molecule has 2 N–H and O–H groups in total. The number of ether oxygens (including phenoxy) is 1. The largest absolute Gasteiger partial charge is 0.481 e. The van der Waals surface area contributed by atoms with Crippen molar-refractivity contribution in [1.29, 1.82) is 0 Å². The van der Waals surface area contributed by atoms with Crippen LogP contribution in [-0.4, -0.2) is 63.1 Å². The number of hydrogen-bond acceptors (Lipinski definition) is 4. The summed E-state index contributed by atoms with van der Waals surface area (Å²) in [5.41, 5.74) is -0.274. The summed E-state index contributed by atoms with van der Waals surface area (Å²) < 4.78 is 7.87. The van der Waals surface area contributed by atoms with Crippen molar-refractivity contribution in [3.05, 3.63) is 18.5 Å².